The van der Waals surface area contributed by atoms with E-state index >= 15 is 0 Å². The Kier molecular flexibility index (Phi) is 3.87. The van der Waals surface area contributed by atoms with Crippen LogP contribution in [-0.4, -0.2) is 30.4 Å². The molecule has 0 amide bonds. The third-order valence-corrected chi connectivity index (χ3v) is 3.16. The molecule has 0 aromatic heterocycles. The van der Waals surface area contributed by atoms with Crippen LogP contribution in [0.5, 0.6) is 5.75 Å². The van der Waals surface area contributed by atoms with Crippen molar-refractivity contribution in [2.75, 3.05) is 13.2 Å². The van der Waals surface area contributed by atoms with Gasteiger partial charge in [-0.05, 0) is 37.1 Å². The molecule has 4 heteroatoms. The molecule has 4 nitrogen and oxygen atoms in total. The van der Waals surface area contributed by atoms with Gasteiger partial charge in [-0.25, -0.2) is 4.79 Å². The van der Waals surface area contributed by atoms with Gasteiger partial charge in [-0.2, -0.15) is 0 Å². The Morgan fingerprint density at radius 3 is 2.33 bits per heavy atom. The summed E-state index contributed by atoms with van der Waals surface area (Å²) in [4.78, 5) is 10.9. The van der Waals surface area contributed by atoms with Crippen LogP contribution in [0.3, 0.4) is 0 Å². The molecule has 1 aromatic rings. The molecule has 1 saturated heterocycles. The van der Waals surface area contributed by atoms with Gasteiger partial charge in [-0.3, -0.25) is 0 Å². The second-order valence-electron chi connectivity index (χ2n) is 4.67. The first-order valence-corrected chi connectivity index (χ1v) is 6.17. The summed E-state index contributed by atoms with van der Waals surface area (Å²) in [6, 6.07) is 3.31. The minimum atomic E-state index is -0.904. The molecule has 18 heavy (non-hydrogen) atoms. The van der Waals surface area contributed by atoms with Crippen molar-refractivity contribution in [1.82, 2.24) is 0 Å². The predicted molar refractivity (Wildman–Crippen MR) is 67.3 cm³/mol. The highest BCUT2D eigenvalue weighted by molar-refractivity contribution is 5.88. The molecule has 1 aliphatic heterocycles. The minimum absolute atomic E-state index is 0.173. The van der Waals surface area contributed by atoms with Crippen molar-refractivity contribution in [3.05, 3.63) is 28.8 Å². The first-order valence-electron chi connectivity index (χ1n) is 6.17. The van der Waals surface area contributed by atoms with Crippen LogP contribution in [0.25, 0.3) is 0 Å². The number of carboxylic acids is 1. The minimum Gasteiger partial charge on any atom is -0.490 e. The van der Waals surface area contributed by atoms with E-state index in [1.165, 1.54) is 0 Å². The number of carboxylic acid groups (broad SMARTS) is 1. The largest absolute Gasteiger partial charge is 0.490 e. The zero-order valence-corrected chi connectivity index (χ0v) is 10.7. The summed E-state index contributed by atoms with van der Waals surface area (Å²) < 4.78 is 11.3. The maximum absolute atomic E-state index is 10.9. The SMILES string of the molecule is Cc1cc(C(=O)O)cc(C)c1OC1CCOCC1. The van der Waals surface area contributed by atoms with Crippen molar-refractivity contribution in [3.8, 4) is 5.75 Å². The summed E-state index contributed by atoms with van der Waals surface area (Å²) >= 11 is 0. The van der Waals surface area contributed by atoms with Crippen LogP contribution in [0.4, 0.5) is 0 Å². The van der Waals surface area contributed by atoms with Crippen molar-refractivity contribution in [3.63, 3.8) is 0 Å². The lowest BCUT2D eigenvalue weighted by molar-refractivity contribution is 0.0250. The molecule has 0 atom stereocenters. The van der Waals surface area contributed by atoms with Gasteiger partial charge in [0.15, 0.2) is 0 Å². The fraction of sp³-hybridized carbons (Fsp3) is 0.500. The van der Waals surface area contributed by atoms with Gasteiger partial charge in [0.05, 0.1) is 18.8 Å². The van der Waals surface area contributed by atoms with E-state index in [0.717, 1.165) is 42.9 Å². The van der Waals surface area contributed by atoms with E-state index in [9.17, 15) is 4.79 Å². The highest BCUT2D eigenvalue weighted by Crippen LogP contribution is 2.27. The number of rotatable bonds is 3. The zero-order valence-electron chi connectivity index (χ0n) is 10.7. The van der Waals surface area contributed by atoms with Crippen molar-refractivity contribution >= 4 is 5.97 Å². The second-order valence-corrected chi connectivity index (χ2v) is 4.67. The van der Waals surface area contributed by atoms with E-state index in [2.05, 4.69) is 0 Å². The van der Waals surface area contributed by atoms with Crippen LogP contribution in [0.1, 0.15) is 34.3 Å². The molecule has 98 valence electrons. The van der Waals surface area contributed by atoms with E-state index in [1.807, 2.05) is 13.8 Å². The lowest BCUT2D eigenvalue weighted by atomic mass is 10.0. The molecular weight excluding hydrogens is 232 g/mol. The van der Waals surface area contributed by atoms with Gasteiger partial charge in [-0.15, -0.1) is 0 Å². The van der Waals surface area contributed by atoms with E-state index < -0.39 is 5.97 Å². The van der Waals surface area contributed by atoms with E-state index in [1.54, 1.807) is 12.1 Å². The molecule has 0 bridgehead atoms. The Morgan fingerprint density at radius 1 is 1.28 bits per heavy atom. The molecule has 0 aliphatic carbocycles. The van der Waals surface area contributed by atoms with Crippen molar-refractivity contribution in [2.24, 2.45) is 0 Å². The van der Waals surface area contributed by atoms with Crippen LogP contribution in [-0.2, 0) is 4.74 Å². The molecule has 1 aliphatic rings. The lowest BCUT2D eigenvalue weighted by Crippen LogP contribution is -2.26. The normalized spacial score (nSPS) is 16.6. The number of hydrogen-bond donors (Lipinski definition) is 1. The maximum atomic E-state index is 10.9. The quantitative estimate of drug-likeness (QED) is 0.895. The Morgan fingerprint density at radius 2 is 1.83 bits per heavy atom. The molecule has 0 saturated carbocycles. The van der Waals surface area contributed by atoms with E-state index in [4.69, 9.17) is 14.6 Å². The van der Waals surface area contributed by atoms with Crippen LogP contribution < -0.4 is 4.74 Å². The topological polar surface area (TPSA) is 55.8 Å². The average molecular weight is 250 g/mol. The van der Waals surface area contributed by atoms with Gasteiger partial charge in [0.2, 0.25) is 0 Å². The number of benzene rings is 1. The Bertz CT molecular complexity index is 424. The highest BCUT2D eigenvalue weighted by atomic mass is 16.5. The predicted octanol–water partition coefficient (Wildman–Crippen LogP) is 2.56. The summed E-state index contributed by atoms with van der Waals surface area (Å²) in [6.07, 6.45) is 1.95. The third kappa shape index (κ3) is 2.82. The number of aryl methyl sites for hydroxylation is 2. The number of hydrogen-bond acceptors (Lipinski definition) is 3. The van der Waals surface area contributed by atoms with Gasteiger partial charge < -0.3 is 14.6 Å². The van der Waals surface area contributed by atoms with Gasteiger partial charge in [0.25, 0.3) is 0 Å². The molecule has 0 unspecified atom stereocenters. The van der Waals surface area contributed by atoms with Crippen LogP contribution in [0.15, 0.2) is 12.1 Å². The molecule has 1 aromatic carbocycles. The van der Waals surface area contributed by atoms with Gasteiger partial charge in [0, 0.05) is 12.8 Å². The fourth-order valence-electron chi connectivity index (χ4n) is 2.22. The first kappa shape index (κ1) is 12.9. The monoisotopic (exact) mass is 250 g/mol. The van der Waals surface area contributed by atoms with Gasteiger partial charge in [0.1, 0.15) is 11.9 Å². The van der Waals surface area contributed by atoms with E-state index in [-0.39, 0.29) is 6.10 Å². The Balaban J connectivity index is 2.19. The second kappa shape index (κ2) is 5.40. The summed E-state index contributed by atoms with van der Waals surface area (Å²) in [5, 5.41) is 8.99. The van der Waals surface area contributed by atoms with E-state index in [0.29, 0.717) is 5.56 Å². The lowest BCUT2D eigenvalue weighted by Gasteiger charge is -2.25. The highest BCUT2D eigenvalue weighted by Gasteiger charge is 2.18. The van der Waals surface area contributed by atoms with Crippen LogP contribution in [0.2, 0.25) is 0 Å². The molecule has 1 N–H and O–H groups in total. The summed E-state index contributed by atoms with van der Waals surface area (Å²) in [7, 11) is 0. The van der Waals surface area contributed by atoms with Gasteiger partial charge >= 0.3 is 5.97 Å². The average Bonchev–Trinajstić information content (AvgIpc) is 2.34. The maximum Gasteiger partial charge on any atom is 0.335 e. The van der Waals surface area contributed by atoms with Crippen LogP contribution in [0, 0.1) is 13.8 Å². The smallest absolute Gasteiger partial charge is 0.335 e. The molecule has 2 rings (SSSR count). The molecule has 0 spiro atoms. The van der Waals surface area contributed by atoms with Crippen molar-refractivity contribution < 1.29 is 19.4 Å². The van der Waals surface area contributed by atoms with Crippen molar-refractivity contribution in [2.45, 2.75) is 32.8 Å². The Hall–Kier alpha value is -1.55. The summed E-state index contributed by atoms with van der Waals surface area (Å²) in [6.45, 7) is 5.23. The number of aromatic carboxylic acids is 1. The van der Waals surface area contributed by atoms with Crippen LogP contribution >= 0.6 is 0 Å². The standard InChI is InChI=1S/C14H18O4/c1-9-7-11(14(15)16)8-10(2)13(9)18-12-3-5-17-6-4-12/h7-8,12H,3-6H2,1-2H3,(H,15,16). The summed E-state index contributed by atoms with van der Waals surface area (Å²) in [5.74, 6) is -0.0919. The number of ether oxygens (including phenoxy) is 2. The van der Waals surface area contributed by atoms with Gasteiger partial charge in [-0.1, -0.05) is 0 Å². The fourth-order valence-corrected chi connectivity index (χ4v) is 2.22. The number of carbonyl (C=O) groups is 1. The molecule has 1 heterocycles. The summed E-state index contributed by atoms with van der Waals surface area (Å²) in [5.41, 5.74) is 2.06. The molecule has 1 fully saturated rings. The third-order valence-electron chi connectivity index (χ3n) is 3.16. The molecular formula is C14H18O4. The zero-order chi connectivity index (χ0) is 13.1. The Labute approximate surface area is 107 Å². The first-order chi connectivity index (χ1) is 8.58. The van der Waals surface area contributed by atoms with Crippen molar-refractivity contribution in [1.29, 1.82) is 0 Å². The molecule has 0 radical (unpaired) electrons.